The highest BCUT2D eigenvalue weighted by molar-refractivity contribution is 6.32. The number of carbonyl (C=O) groups excluding carboxylic acids is 1. The van der Waals surface area contributed by atoms with E-state index in [0.29, 0.717) is 17.2 Å². The number of aromatic nitrogens is 2. The quantitative estimate of drug-likeness (QED) is 0.878. The van der Waals surface area contributed by atoms with Crippen molar-refractivity contribution in [3.63, 3.8) is 0 Å². The van der Waals surface area contributed by atoms with Crippen LogP contribution in [0, 0.1) is 12.3 Å². The molecule has 1 aliphatic rings. The van der Waals surface area contributed by atoms with Crippen molar-refractivity contribution in [2.75, 3.05) is 13.1 Å². The van der Waals surface area contributed by atoms with E-state index < -0.39 is 0 Å². The van der Waals surface area contributed by atoms with E-state index in [4.69, 9.17) is 11.6 Å². The molecule has 0 saturated carbocycles. The lowest BCUT2D eigenvalue weighted by molar-refractivity contribution is -0.127. The number of ketones is 1. The van der Waals surface area contributed by atoms with Crippen LogP contribution in [-0.4, -0.2) is 28.7 Å². The molecule has 0 bridgehead atoms. The molecule has 2 heterocycles. The first-order valence-electron chi connectivity index (χ1n) is 7.50. The Balaban J connectivity index is 2.22. The Labute approximate surface area is 125 Å². The van der Waals surface area contributed by atoms with E-state index >= 15 is 0 Å². The second kappa shape index (κ2) is 6.27. The summed E-state index contributed by atoms with van der Waals surface area (Å²) in [6.45, 7) is 8.54. The largest absolute Gasteiger partial charge is 0.316 e. The summed E-state index contributed by atoms with van der Waals surface area (Å²) in [7, 11) is 0. The van der Waals surface area contributed by atoms with Crippen molar-refractivity contribution in [2.24, 2.45) is 5.41 Å². The highest BCUT2D eigenvalue weighted by Crippen LogP contribution is 2.34. The number of aryl methyl sites for hydroxylation is 2. The molecule has 1 saturated heterocycles. The predicted molar refractivity (Wildman–Crippen MR) is 81.2 cm³/mol. The van der Waals surface area contributed by atoms with Crippen molar-refractivity contribution < 1.29 is 4.79 Å². The maximum atomic E-state index is 12.8. The van der Waals surface area contributed by atoms with Gasteiger partial charge in [-0.2, -0.15) is 5.10 Å². The maximum Gasteiger partial charge on any atom is 0.146 e. The summed E-state index contributed by atoms with van der Waals surface area (Å²) in [6.07, 6.45) is 3.33. The van der Waals surface area contributed by atoms with E-state index in [1.807, 2.05) is 18.5 Å². The highest BCUT2D eigenvalue weighted by atomic mass is 35.5. The number of nitrogens with one attached hydrogen (secondary N) is 1. The van der Waals surface area contributed by atoms with Gasteiger partial charge in [0.05, 0.1) is 22.8 Å². The fourth-order valence-electron chi connectivity index (χ4n) is 3.19. The molecule has 1 N–H and O–H groups in total. The minimum absolute atomic E-state index is 0.200. The van der Waals surface area contributed by atoms with Crippen LogP contribution in [0.5, 0.6) is 0 Å². The van der Waals surface area contributed by atoms with Gasteiger partial charge in [-0.25, -0.2) is 0 Å². The smallest absolute Gasteiger partial charge is 0.146 e. The molecule has 5 heteroatoms. The van der Waals surface area contributed by atoms with Crippen molar-refractivity contribution >= 4 is 17.4 Å². The standard InChI is InChI=1S/C15H24ClN3O/c1-4-6-15(7-8-17-10-15)13(20)9-12-14(16)11(3)18-19(12)5-2/h17H,4-10H2,1-3H3. The topological polar surface area (TPSA) is 46.9 Å². The fraction of sp³-hybridized carbons (Fsp3) is 0.733. The number of halogens is 1. The third-order valence-electron chi connectivity index (χ3n) is 4.34. The molecule has 0 amide bonds. The molecule has 0 radical (unpaired) electrons. The van der Waals surface area contributed by atoms with Crippen LogP contribution in [-0.2, 0) is 17.8 Å². The second-order valence-corrected chi connectivity index (χ2v) is 6.10. The average molecular weight is 298 g/mol. The van der Waals surface area contributed by atoms with Gasteiger partial charge in [0.2, 0.25) is 0 Å². The van der Waals surface area contributed by atoms with Gasteiger partial charge in [-0.3, -0.25) is 9.48 Å². The number of hydrogen-bond acceptors (Lipinski definition) is 3. The van der Waals surface area contributed by atoms with Crippen LogP contribution in [0.15, 0.2) is 0 Å². The summed E-state index contributed by atoms with van der Waals surface area (Å²) in [5.74, 6) is 0.306. The Morgan fingerprint density at radius 3 is 2.80 bits per heavy atom. The number of nitrogens with zero attached hydrogens (tertiary/aromatic N) is 2. The predicted octanol–water partition coefficient (Wildman–Crippen LogP) is 2.76. The van der Waals surface area contributed by atoms with Gasteiger partial charge in [-0.1, -0.05) is 24.9 Å². The fourth-order valence-corrected chi connectivity index (χ4v) is 3.39. The molecule has 1 unspecified atom stereocenters. The zero-order valence-electron chi connectivity index (χ0n) is 12.6. The molecule has 0 aromatic carbocycles. The maximum absolute atomic E-state index is 12.8. The SMILES string of the molecule is CCCC1(C(=O)Cc2c(Cl)c(C)nn2CC)CCNC1. The molecule has 112 valence electrons. The van der Waals surface area contributed by atoms with Gasteiger partial charge in [0.25, 0.3) is 0 Å². The van der Waals surface area contributed by atoms with Gasteiger partial charge >= 0.3 is 0 Å². The third-order valence-corrected chi connectivity index (χ3v) is 4.84. The van der Waals surface area contributed by atoms with Crippen molar-refractivity contribution in [3.8, 4) is 0 Å². The monoisotopic (exact) mass is 297 g/mol. The van der Waals surface area contributed by atoms with Crippen molar-refractivity contribution in [2.45, 2.75) is 53.0 Å². The Morgan fingerprint density at radius 1 is 1.50 bits per heavy atom. The van der Waals surface area contributed by atoms with Gasteiger partial charge in [0, 0.05) is 18.5 Å². The normalized spacial score (nSPS) is 22.4. The Hall–Kier alpha value is -0.870. The van der Waals surface area contributed by atoms with Crippen LogP contribution in [0.2, 0.25) is 5.02 Å². The van der Waals surface area contributed by atoms with E-state index in [1.165, 1.54) is 0 Å². The molecule has 4 nitrogen and oxygen atoms in total. The Bertz CT molecular complexity index is 490. The van der Waals surface area contributed by atoms with Gasteiger partial charge in [0.1, 0.15) is 5.78 Å². The zero-order chi connectivity index (χ0) is 14.8. The van der Waals surface area contributed by atoms with Crippen molar-refractivity contribution in [1.29, 1.82) is 0 Å². The van der Waals surface area contributed by atoms with E-state index in [9.17, 15) is 4.79 Å². The summed E-state index contributed by atoms with van der Waals surface area (Å²) in [6, 6.07) is 0. The lowest BCUT2D eigenvalue weighted by atomic mass is 9.77. The van der Waals surface area contributed by atoms with Gasteiger partial charge in [0.15, 0.2) is 0 Å². The number of carbonyl (C=O) groups is 1. The number of hydrogen-bond donors (Lipinski definition) is 1. The first-order chi connectivity index (χ1) is 9.54. The van der Waals surface area contributed by atoms with Gasteiger partial charge in [-0.05, 0) is 33.2 Å². The van der Waals surface area contributed by atoms with Crippen LogP contribution in [0.3, 0.4) is 0 Å². The minimum atomic E-state index is -0.200. The van der Waals surface area contributed by atoms with Crippen molar-refractivity contribution in [1.82, 2.24) is 15.1 Å². The first kappa shape index (κ1) is 15.5. The molecule has 1 aromatic rings. The van der Waals surface area contributed by atoms with Gasteiger partial charge in [-0.15, -0.1) is 0 Å². The molecule has 20 heavy (non-hydrogen) atoms. The Kier molecular flexibility index (Phi) is 4.86. The summed E-state index contributed by atoms with van der Waals surface area (Å²) in [4.78, 5) is 12.8. The first-order valence-corrected chi connectivity index (χ1v) is 7.87. The number of rotatable bonds is 6. The van der Waals surface area contributed by atoms with Crippen molar-refractivity contribution in [3.05, 3.63) is 16.4 Å². The van der Waals surface area contributed by atoms with Crippen LogP contribution < -0.4 is 5.32 Å². The van der Waals surface area contributed by atoms with Crippen LogP contribution in [0.1, 0.15) is 44.5 Å². The molecule has 2 rings (SSSR count). The zero-order valence-corrected chi connectivity index (χ0v) is 13.4. The molecule has 0 spiro atoms. The molecule has 0 aliphatic carbocycles. The van der Waals surface area contributed by atoms with E-state index in [1.54, 1.807) is 0 Å². The highest BCUT2D eigenvalue weighted by Gasteiger charge is 2.40. The third kappa shape index (κ3) is 2.77. The lowest BCUT2D eigenvalue weighted by Gasteiger charge is -2.26. The average Bonchev–Trinajstić information content (AvgIpc) is 3.00. The van der Waals surface area contributed by atoms with E-state index in [0.717, 1.165) is 50.3 Å². The summed E-state index contributed by atoms with van der Waals surface area (Å²) in [5, 5.41) is 8.38. The minimum Gasteiger partial charge on any atom is -0.316 e. The molecule has 1 atom stereocenters. The molecule has 1 fully saturated rings. The van der Waals surface area contributed by atoms with Gasteiger partial charge < -0.3 is 5.32 Å². The Morgan fingerprint density at radius 2 is 2.25 bits per heavy atom. The molecule has 1 aliphatic heterocycles. The number of Topliss-reactive ketones (excluding diaryl/α,β-unsaturated/α-hetero) is 1. The van der Waals surface area contributed by atoms with E-state index in [2.05, 4.69) is 17.3 Å². The summed E-state index contributed by atoms with van der Waals surface area (Å²) >= 11 is 6.31. The van der Waals surface area contributed by atoms with Crippen LogP contribution in [0.4, 0.5) is 0 Å². The van der Waals surface area contributed by atoms with Crippen LogP contribution >= 0.6 is 11.6 Å². The summed E-state index contributed by atoms with van der Waals surface area (Å²) < 4.78 is 1.86. The molecular weight excluding hydrogens is 274 g/mol. The lowest BCUT2D eigenvalue weighted by Crippen LogP contribution is -2.35. The van der Waals surface area contributed by atoms with Crippen LogP contribution in [0.25, 0.3) is 0 Å². The summed E-state index contributed by atoms with van der Waals surface area (Å²) in [5.41, 5.74) is 1.49. The second-order valence-electron chi connectivity index (χ2n) is 5.72. The molecule has 1 aromatic heterocycles. The van der Waals surface area contributed by atoms with E-state index in [-0.39, 0.29) is 5.41 Å². The molecular formula is C15H24ClN3O.